The van der Waals surface area contributed by atoms with E-state index in [2.05, 4.69) is 24.1 Å². The number of rotatable bonds is 25. The van der Waals surface area contributed by atoms with Crippen LogP contribution in [0.4, 0.5) is 0 Å². The van der Waals surface area contributed by atoms with Crippen LogP contribution in [0.25, 0.3) is 0 Å². The summed E-state index contributed by atoms with van der Waals surface area (Å²) in [7, 11) is -1.82. The summed E-state index contributed by atoms with van der Waals surface area (Å²) >= 11 is 0. The zero-order valence-corrected chi connectivity index (χ0v) is 32.9. The number of methoxy groups -OCH3 is 1. The molecule has 1 aromatic carbocycles. The molecule has 0 aliphatic heterocycles. The lowest BCUT2D eigenvalue weighted by atomic mass is 9.81. The van der Waals surface area contributed by atoms with Crippen LogP contribution < -0.4 is 10.1 Å². The van der Waals surface area contributed by atoms with Crippen LogP contribution in [0.2, 0.25) is 0 Å². The topological polar surface area (TPSA) is 145 Å². The fourth-order valence-corrected chi connectivity index (χ4v) is 7.03. The van der Waals surface area contributed by atoms with Crippen LogP contribution in [-0.2, 0) is 40.1 Å². The van der Waals surface area contributed by atoms with Crippen molar-refractivity contribution in [1.29, 1.82) is 0 Å². The van der Waals surface area contributed by atoms with Crippen molar-refractivity contribution in [2.24, 2.45) is 5.92 Å². The molecule has 0 bridgehead atoms. The summed E-state index contributed by atoms with van der Waals surface area (Å²) in [5.74, 6) is 2.93. The highest BCUT2D eigenvalue weighted by atomic mass is 32.2. The van der Waals surface area contributed by atoms with Gasteiger partial charge in [0.25, 0.3) is 0 Å². The smallest absolute Gasteiger partial charge is 0.339 e. The molecular formula is C40H63NO9S. The van der Waals surface area contributed by atoms with Gasteiger partial charge in [0, 0.05) is 6.42 Å². The Morgan fingerprint density at radius 3 is 2.08 bits per heavy atom. The number of hydrogen-bond acceptors (Lipinski definition) is 9. The zero-order valence-electron chi connectivity index (χ0n) is 32.1. The lowest BCUT2D eigenvalue weighted by Crippen LogP contribution is -2.56. The van der Waals surface area contributed by atoms with Crippen molar-refractivity contribution in [2.75, 3.05) is 25.2 Å². The van der Waals surface area contributed by atoms with Crippen LogP contribution in [0.3, 0.4) is 0 Å². The highest BCUT2D eigenvalue weighted by Crippen LogP contribution is 2.30. The van der Waals surface area contributed by atoms with E-state index in [9.17, 15) is 27.9 Å². The van der Waals surface area contributed by atoms with E-state index in [0.717, 1.165) is 50.5 Å². The Hall–Kier alpha value is -3.36. The van der Waals surface area contributed by atoms with Gasteiger partial charge in [-0.15, -0.1) is 5.92 Å². The fraction of sp³-hybridized carbons (Fsp3) is 0.675. The number of amides is 1. The van der Waals surface area contributed by atoms with Crippen molar-refractivity contribution >= 4 is 27.7 Å². The number of nitrogens with one attached hydrogen (secondary N) is 1. The van der Waals surface area contributed by atoms with Gasteiger partial charge in [0.2, 0.25) is 5.91 Å². The average molecular weight is 734 g/mol. The molecule has 10 nitrogen and oxygen atoms in total. The highest BCUT2D eigenvalue weighted by Gasteiger charge is 2.49. The minimum atomic E-state index is -3.05. The minimum Gasteiger partial charge on any atom is -0.481 e. The first-order valence-electron chi connectivity index (χ1n) is 18.4. The number of allylic oxidation sites excluding steroid dienone is 1. The van der Waals surface area contributed by atoms with Gasteiger partial charge in [-0.3, -0.25) is 4.79 Å². The quantitative estimate of drug-likeness (QED) is 0.0487. The van der Waals surface area contributed by atoms with Gasteiger partial charge in [0.05, 0.1) is 24.5 Å². The zero-order chi connectivity index (χ0) is 38.3. The van der Waals surface area contributed by atoms with Crippen LogP contribution >= 0.6 is 0 Å². The van der Waals surface area contributed by atoms with E-state index in [0.29, 0.717) is 31.4 Å². The summed E-state index contributed by atoms with van der Waals surface area (Å²) in [5, 5.41) is 14.6. The molecule has 1 rings (SSSR count). The second-order valence-electron chi connectivity index (χ2n) is 14.0. The molecule has 0 saturated heterocycles. The number of esters is 2. The largest absolute Gasteiger partial charge is 0.481 e. The molecule has 2 N–H and O–H groups in total. The summed E-state index contributed by atoms with van der Waals surface area (Å²) in [4.78, 5) is 40.3. The first-order valence-corrected chi connectivity index (χ1v) is 20.3. The van der Waals surface area contributed by atoms with E-state index >= 15 is 0 Å². The second-order valence-corrected chi connectivity index (χ2v) is 16.3. The van der Waals surface area contributed by atoms with E-state index in [-0.39, 0.29) is 31.0 Å². The maximum Gasteiger partial charge on any atom is 0.339 e. The van der Waals surface area contributed by atoms with Crippen molar-refractivity contribution < 1.29 is 42.1 Å². The van der Waals surface area contributed by atoms with E-state index in [1.54, 1.807) is 65.0 Å². The summed E-state index contributed by atoms with van der Waals surface area (Å²) < 4.78 is 40.9. The van der Waals surface area contributed by atoms with Crippen LogP contribution in [0.1, 0.15) is 124 Å². The molecule has 0 aliphatic rings. The minimum absolute atomic E-state index is 0.0514. The Labute approximate surface area is 307 Å². The van der Waals surface area contributed by atoms with Crippen LogP contribution in [0.5, 0.6) is 5.75 Å². The summed E-state index contributed by atoms with van der Waals surface area (Å²) in [6.07, 6.45) is 12.1. The second kappa shape index (κ2) is 24.0. The van der Waals surface area contributed by atoms with Gasteiger partial charge in [-0.1, -0.05) is 89.0 Å². The number of ether oxygens (including phenoxy) is 3. The molecule has 0 aliphatic carbocycles. The van der Waals surface area contributed by atoms with Crippen molar-refractivity contribution in [3.05, 3.63) is 42.0 Å². The number of aliphatic hydroxyl groups is 1. The summed E-state index contributed by atoms with van der Waals surface area (Å²) in [6, 6.07) is 5.92. The number of hydrogen-bond donors (Lipinski definition) is 2. The van der Waals surface area contributed by atoms with E-state index < -0.39 is 50.8 Å². The molecule has 288 valence electrons. The predicted octanol–water partition coefficient (Wildman–Crippen LogP) is 6.67. The molecule has 1 aromatic rings. The first kappa shape index (κ1) is 45.7. The third-order valence-electron chi connectivity index (χ3n) is 8.30. The number of carbonyl (C=O) groups is 3. The van der Waals surface area contributed by atoms with E-state index in [1.165, 1.54) is 13.2 Å². The number of sulfone groups is 1. The van der Waals surface area contributed by atoms with Crippen LogP contribution in [-0.4, -0.2) is 73.8 Å². The van der Waals surface area contributed by atoms with Crippen molar-refractivity contribution in [3.63, 3.8) is 0 Å². The Morgan fingerprint density at radius 2 is 1.53 bits per heavy atom. The van der Waals surface area contributed by atoms with Gasteiger partial charge in [0.15, 0.2) is 5.60 Å². The van der Waals surface area contributed by atoms with Crippen molar-refractivity contribution in [1.82, 2.24) is 5.32 Å². The third kappa shape index (κ3) is 18.6. The Balaban J connectivity index is 3.06. The maximum absolute atomic E-state index is 14.0. The third-order valence-corrected chi connectivity index (χ3v) is 10.1. The first-order chi connectivity index (χ1) is 24.1. The van der Waals surface area contributed by atoms with Gasteiger partial charge in [0.1, 0.15) is 33.8 Å². The van der Waals surface area contributed by atoms with Crippen molar-refractivity contribution in [3.8, 4) is 17.6 Å². The molecule has 11 heteroatoms. The molecular weight excluding hydrogens is 671 g/mol. The fourth-order valence-electron chi connectivity index (χ4n) is 5.54. The standard InChI is InChI=1S/C40H63NO9S/c1-8-11-13-17-20-29-51(46,47)30-21-18-15-14-16-19-22-34(40(45,27-10-3)38(44)50-39(4,5)6)36(42)41-35(37(43)48-7)31-32-23-25-33(26-24-32)49-28-12-9-2/h19,22-26,34-35,45H,8,10-11,13-18,20-21,27-31H2,1-7H3,(H,41,42)/b22-19+/t34-,35+,40+/m1/s1. The Kier molecular flexibility index (Phi) is 21.5. The maximum atomic E-state index is 14.0. The van der Waals surface area contributed by atoms with E-state index in [1.807, 2.05) is 0 Å². The Morgan fingerprint density at radius 1 is 0.922 bits per heavy atom. The molecule has 0 radical (unpaired) electrons. The molecule has 0 fully saturated rings. The molecule has 3 atom stereocenters. The van der Waals surface area contributed by atoms with Gasteiger partial charge in [-0.05, 0) is 77.5 Å². The van der Waals surface area contributed by atoms with Crippen LogP contribution in [0.15, 0.2) is 36.4 Å². The highest BCUT2D eigenvalue weighted by molar-refractivity contribution is 7.91. The Bertz CT molecular complexity index is 1390. The summed E-state index contributed by atoms with van der Waals surface area (Å²) in [6.45, 7) is 10.9. The number of benzene rings is 1. The SMILES string of the molecule is CC#CCOc1ccc(C[C@H](NC(=O)[C@@H](/C=C/CCCCCCS(=O)(=O)CCCCCCC)[C@@](O)(CCC)C(=O)OC(C)(C)C)C(=O)OC)cc1. The molecule has 0 spiro atoms. The molecule has 51 heavy (non-hydrogen) atoms. The van der Waals surface area contributed by atoms with Crippen molar-refractivity contribution in [2.45, 2.75) is 142 Å². The normalized spacial score (nSPS) is 14.1. The molecule has 0 heterocycles. The monoisotopic (exact) mass is 733 g/mol. The van der Waals surface area contributed by atoms with Crippen LogP contribution in [0, 0.1) is 17.8 Å². The molecule has 1 amide bonds. The average Bonchev–Trinajstić information content (AvgIpc) is 3.06. The summed E-state index contributed by atoms with van der Waals surface area (Å²) in [5.41, 5.74) is -2.39. The number of unbranched alkanes of at least 4 members (excludes halogenated alkanes) is 8. The van der Waals surface area contributed by atoms with Gasteiger partial charge < -0.3 is 24.6 Å². The molecule has 0 unspecified atom stereocenters. The van der Waals surface area contributed by atoms with Gasteiger partial charge >= 0.3 is 11.9 Å². The predicted molar refractivity (Wildman–Crippen MR) is 202 cm³/mol. The van der Waals surface area contributed by atoms with Gasteiger partial charge in [-0.2, -0.15) is 0 Å². The van der Waals surface area contributed by atoms with E-state index in [4.69, 9.17) is 14.2 Å². The van der Waals surface area contributed by atoms with Gasteiger partial charge in [-0.25, -0.2) is 18.0 Å². The lowest BCUT2D eigenvalue weighted by molar-refractivity contribution is -0.184. The molecule has 0 saturated carbocycles. The molecule has 0 aromatic heterocycles. The number of carbonyl (C=O) groups excluding carboxylic acids is 3. The lowest BCUT2D eigenvalue weighted by Gasteiger charge is -2.34.